The molecule has 1 aromatic rings. The van der Waals surface area contributed by atoms with Crippen LogP contribution in [0.5, 0.6) is 0 Å². The number of nitro benzene ring substituents is 1. The second-order valence-electron chi connectivity index (χ2n) is 3.72. The molecule has 17 heavy (non-hydrogen) atoms. The van der Waals surface area contributed by atoms with Gasteiger partial charge >= 0.3 is 0 Å². The standard InChI is InChI=1S/C12H14BrNO3/c13-9-3-5-11(15)8-7-10-4-1-2-6-12(10)14(16)17/h1-2,4,6H,3,5,7-9H2. The maximum atomic E-state index is 11.5. The number of carbonyl (C=O) groups excluding carboxylic acids is 1. The molecule has 0 amide bonds. The summed E-state index contributed by atoms with van der Waals surface area (Å²) in [7, 11) is 0. The molecule has 0 aliphatic carbocycles. The Balaban J connectivity index is 2.57. The molecular weight excluding hydrogens is 286 g/mol. The average Bonchev–Trinajstić information content (AvgIpc) is 2.34. The van der Waals surface area contributed by atoms with Crippen LogP contribution in [0, 0.1) is 10.1 Å². The van der Waals surface area contributed by atoms with Crippen LogP contribution < -0.4 is 0 Å². The van der Waals surface area contributed by atoms with Crippen molar-refractivity contribution >= 4 is 27.4 Å². The van der Waals surface area contributed by atoms with Gasteiger partial charge in [-0.1, -0.05) is 34.1 Å². The van der Waals surface area contributed by atoms with Gasteiger partial charge in [-0.05, 0) is 12.8 Å². The second-order valence-corrected chi connectivity index (χ2v) is 4.51. The van der Waals surface area contributed by atoms with Crippen molar-refractivity contribution in [1.82, 2.24) is 0 Å². The number of ketones is 1. The zero-order valence-corrected chi connectivity index (χ0v) is 11.0. The third-order valence-corrected chi connectivity index (χ3v) is 3.01. The van der Waals surface area contributed by atoms with E-state index in [0.29, 0.717) is 24.8 Å². The molecule has 0 spiro atoms. The maximum absolute atomic E-state index is 11.5. The van der Waals surface area contributed by atoms with E-state index < -0.39 is 4.92 Å². The van der Waals surface area contributed by atoms with Crippen LogP contribution in [0.1, 0.15) is 24.8 Å². The van der Waals surface area contributed by atoms with Crippen molar-refractivity contribution in [3.63, 3.8) is 0 Å². The number of aryl methyl sites for hydroxylation is 1. The minimum atomic E-state index is -0.404. The number of nitrogens with zero attached hydrogens (tertiary/aromatic N) is 1. The predicted molar refractivity (Wildman–Crippen MR) is 69.5 cm³/mol. The Morgan fingerprint density at radius 2 is 2.00 bits per heavy atom. The molecule has 0 saturated carbocycles. The van der Waals surface area contributed by atoms with Crippen LogP contribution in [0.25, 0.3) is 0 Å². The van der Waals surface area contributed by atoms with Crippen molar-refractivity contribution < 1.29 is 9.72 Å². The lowest BCUT2D eigenvalue weighted by Gasteiger charge is -2.02. The van der Waals surface area contributed by atoms with Gasteiger partial charge < -0.3 is 0 Å². The summed E-state index contributed by atoms with van der Waals surface area (Å²) in [6.45, 7) is 0. The molecule has 0 aliphatic rings. The summed E-state index contributed by atoms with van der Waals surface area (Å²) >= 11 is 3.26. The van der Waals surface area contributed by atoms with Crippen LogP contribution in [-0.2, 0) is 11.2 Å². The van der Waals surface area contributed by atoms with Gasteiger partial charge in [0.25, 0.3) is 5.69 Å². The normalized spacial score (nSPS) is 10.2. The maximum Gasteiger partial charge on any atom is 0.272 e. The van der Waals surface area contributed by atoms with Crippen LogP contribution in [0.2, 0.25) is 0 Å². The molecule has 0 atom stereocenters. The van der Waals surface area contributed by atoms with Crippen LogP contribution in [0.3, 0.4) is 0 Å². The summed E-state index contributed by atoms with van der Waals surface area (Å²) in [5.41, 5.74) is 0.727. The Morgan fingerprint density at radius 3 is 2.65 bits per heavy atom. The van der Waals surface area contributed by atoms with E-state index in [2.05, 4.69) is 15.9 Å². The van der Waals surface area contributed by atoms with Gasteiger partial charge in [0.2, 0.25) is 0 Å². The fourth-order valence-electron chi connectivity index (χ4n) is 1.56. The van der Waals surface area contributed by atoms with Crippen LogP contribution in [-0.4, -0.2) is 16.0 Å². The number of rotatable bonds is 7. The summed E-state index contributed by atoms with van der Waals surface area (Å²) in [6, 6.07) is 6.56. The molecule has 1 aromatic carbocycles. The van der Waals surface area contributed by atoms with E-state index in [1.54, 1.807) is 18.2 Å². The molecule has 0 N–H and O–H groups in total. The number of nitro groups is 1. The molecule has 0 fully saturated rings. The van der Waals surface area contributed by atoms with E-state index in [4.69, 9.17) is 0 Å². The van der Waals surface area contributed by atoms with Gasteiger partial charge in [-0.3, -0.25) is 14.9 Å². The Kier molecular flexibility index (Phi) is 5.83. The van der Waals surface area contributed by atoms with Gasteiger partial charge in [-0.2, -0.15) is 0 Å². The smallest absolute Gasteiger partial charge is 0.272 e. The minimum absolute atomic E-state index is 0.0980. The highest BCUT2D eigenvalue weighted by molar-refractivity contribution is 9.09. The Labute approximate surface area is 108 Å². The first-order valence-electron chi connectivity index (χ1n) is 5.45. The fraction of sp³-hybridized carbons (Fsp3) is 0.417. The van der Waals surface area contributed by atoms with Gasteiger partial charge in [0, 0.05) is 29.8 Å². The van der Waals surface area contributed by atoms with Crippen molar-refractivity contribution in [2.24, 2.45) is 0 Å². The number of hydrogen-bond acceptors (Lipinski definition) is 3. The monoisotopic (exact) mass is 299 g/mol. The molecule has 4 nitrogen and oxygen atoms in total. The first-order valence-corrected chi connectivity index (χ1v) is 6.57. The molecule has 0 heterocycles. The number of para-hydroxylation sites is 1. The van der Waals surface area contributed by atoms with Crippen LogP contribution in [0.15, 0.2) is 24.3 Å². The third-order valence-electron chi connectivity index (χ3n) is 2.45. The molecule has 0 radical (unpaired) electrons. The highest BCUT2D eigenvalue weighted by Crippen LogP contribution is 2.19. The van der Waals surface area contributed by atoms with Gasteiger partial charge in [-0.15, -0.1) is 0 Å². The lowest BCUT2D eigenvalue weighted by molar-refractivity contribution is -0.385. The van der Waals surface area contributed by atoms with E-state index in [9.17, 15) is 14.9 Å². The highest BCUT2D eigenvalue weighted by Gasteiger charge is 2.13. The average molecular weight is 300 g/mol. The van der Waals surface area contributed by atoms with E-state index in [1.807, 2.05) is 0 Å². The van der Waals surface area contributed by atoms with Crippen LogP contribution >= 0.6 is 15.9 Å². The largest absolute Gasteiger partial charge is 0.300 e. The molecule has 0 unspecified atom stereocenters. The van der Waals surface area contributed by atoms with Crippen molar-refractivity contribution in [1.29, 1.82) is 0 Å². The number of alkyl halides is 1. The molecule has 0 aliphatic heterocycles. The number of hydrogen-bond donors (Lipinski definition) is 0. The number of halogens is 1. The lowest BCUT2D eigenvalue weighted by Crippen LogP contribution is -2.02. The Bertz CT molecular complexity index is 406. The van der Waals surface area contributed by atoms with E-state index in [0.717, 1.165) is 11.8 Å². The van der Waals surface area contributed by atoms with Crippen LogP contribution in [0.4, 0.5) is 5.69 Å². The SMILES string of the molecule is O=C(CCCBr)CCc1ccccc1[N+](=O)[O-]. The summed E-state index contributed by atoms with van der Waals surface area (Å²) in [5.74, 6) is 0.155. The van der Waals surface area contributed by atoms with E-state index in [1.165, 1.54) is 6.07 Å². The van der Waals surface area contributed by atoms with Gasteiger partial charge in [0.05, 0.1) is 4.92 Å². The summed E-state index contributed by atoms with van der Waals surface area (Å²) < 4.78 is 0. The Hall–Kier alpha value is -1.23. The molecule has 92 valence electrons. The summed E-state index contributed by atoms with van der Waals surface area (Å²) in [4.78, 5) is 21.8. The molecule has 5 heteroatoms. The van der Waals surface area contributed by atoms with Gasteiger partial charge in [0.1, 0.15) is 5.78 Å². The molecule has 0 bridgehead atoms. The minimum Gasteiger partial charge on any atom is -0.300 e. The van der Waals surface area contributed by atoms with Crippen molar-refractivity contribution in [2.45, 2.75) is 25.7 Å². The fourth-order valence-corrected chi connectivity index (χ4v) is 1.84. The summed E-state index contributed by atoms with van der Waals surface area (Å²) in [5, 5.41) is 11.6. The zero-order valence-electron chi connectivity index (χ0n) is 9.39. The molecule has 1 rings (SSSR count). The zero-order chi connectivity index (χ0) is 12.7. The van der Waals surface area contributed by atoms with E-state index in [-0.39, 0.29) is 11.5 Å². The Morgan fingerprint density at radius 1 is 1.29 bits per heavy atom. The van der Waals surface area contributed by atoms with Crippen molar-refractivity contribution in [3.05, 3.63) is 39.9 Å². The molecule has 0 aromatic heterocycles. The third kappa shape index (κ3) is 4.65. The number of benzene rings is 1. The van der Waals surface area contributed by atoms with Gasteiger partial charge in [0.15, 0.2) is 0 Å². The van der Waals surface area contributed by atoms with Crippen molar-refractivity contribution in [3.8, 4) is 0 Å². The summed E-state index contributed by atoms with van der Waals surface area (Å²) in [6.07, 6.45) is 2.16. The first-order chi connectivity index (χ1) is 8.15. The highest BCUT2D eigenvalue weighted by atomic mass is 79.9. The quantitative estimate of drug-likeness (QED) is 0.441. The second kappa shape index (κ2) is 7.17. The lowest BCUT2D eigenvalue weighted by atomic mass is 10.0. The van der Waals surface area contributed by atoms with Crippen molar-refractivity contribution in [2.75, 3.05) is 5.33 Å². The number of carbonyl (C=O) groups is 1. The topological polar surface area (TPSA) is 60.2 Å². The molecular formula is C12H14BrNO3. The van der Waals surface area contributed by atoms with Gasteiger partial charge in [-0.25, -0.2) is 0 Å². The van der Waals surface area contributed by atoms with E-state index >= 15 is 0 Å². The predicted octanol–water partition coefficient (Wildman–Crippen LogP) is 3.27. The molecule has 0 saturated heterocycles. The number of Topliss-reactive ketones (excluding diaryl/α,β-unsaturated/α-hetero) is 1. The first kappa shape index (κ1) is 13.8.